The van der Waals surface area contributed by atoms with Gasteiger partial charge in [-0.25, -0.2) is 0 Å². The molecule has 4 rings (SSSR count). The number of halogens is 2. The van der Waals surface area contributed by atoms with Crippen molar-refractivity contribution in [1.29, 1.82) is 5.26 Å². The number of carbonyl (C=O) groups excluding carboxylic acids is 1. The zero-order chi connectivity index (χ0) is 24.9. The molecule has 4 nitrogen and oxygen atoms in total. The molecule has 35 heavy (non-hydrogen) atoms. The van der Waals surface area contributed by atoms with Crippen LogP contribution in [0, 0.1) is 32.3 Å². The van der Waals surface area contributed by atoms with Crippen LogP contribution in [0.2, 0.25) is 0 Å². The largest absolute Gasteiger partial charge is 0.487 e. The number of nitrogens with zero attached hydrogens (tertiary/aromatic N) is 1. The van der Waals surface area contributed by atoms with E-state index >= 15 is 0 Å². The second-order valence-corrected chi connectivity index (χ2v) is 10.5. The molecule has 0 heterocycles. The number of fused-ring (bicyclic) bond motifs is 1. The molecule has 6 heteroatoms. The highest BCUT2D eigenvalue weighted by atomic mass is 127. The van der Waals surface area contributed by atoms with Crippen LogP contribution in [-0.4, -0.2) is 5.91 Å². The quantitative estimate of drug-likeness (QED) is 0.128. The molecule has 0 saturated carbocycles. The Labute approximate surface area is 232 Å². The lowest BCUT2D eigenvalue weighted by atomic mass is 10.1. The lowest BCUT2D eigenvalue weighted by Crippen LogP contribution is -2.13. The minimum absolute atomic E-state index is 0.0410. The molecule has 0 unspecified atom stereocenters. The number of anilines is 1. The first-order valence-electron chi connectivity index (χ1n) is 10.9. The normalized spacial score (nSPS) is 11.2. The maximum atomic E-state index is 12.7. The Kier molecular flexibility index (Phi) is 8.08. The van der Waals surface area contributed by atoms with Gasteiger partial charge in [0.1, 0.15) is 24.0 Å². The van der Waals surface area contributed by atoms with Crippen molar-refractivity contribution >= 4 is 73.6 Å². The van der Waals surface area contributed by atoms with Crippen molar-refractivity contribution in [3.05, 3.63) is 108 Å². The molecule has 0 aliphatic heterocycles. The van der Waals surface area contributed by atoms with Crippen LogP contribution < -0.4 is 10.1 Å². The predicted molar refractivity (Wildman–Crippen MR) is 158 cm³/mol. The van der Waals surface area contributed by atoms with Crippen molar-refractivity contribution < 1.29 is 9.53 Å². The van der Waals surface area contributed by atoms with Crippen LogP contribution in [-0.2, 0) is 11.4 Å². The molecular weight excluding hydrogens is 662 g/mol. The SMILES string of the molecule is Cc1ccc(NC(=O)/C(C#N)=C/c2cc(I)c(OCc3cccc4ccccc34)c(I)c2)cc1C. The van der Waals surface area contributed by atoms with Crippen LogP contribution in [0.3, 0.4) is 0 Å². The van der Waals surface area contributed by atoms with Gasteiger partial charge < -0.3 is 10.1 Å². The van der Waals surface area contributed by atoms with E-state index < -0.39 is 5.91 Å². The molecule has 0 aliphatic carbocycles. The van der Waals surface area contributed by atoms with E-state index in [9.17, 15) is 10.1 Å². The third kappa shape index (κ3) is 6.03. The molecule has 1 N–H and O–H groups in total. The van der Waals surface area contributed by atoms with E-state index in [2.05, 4.69) is 74.8 Å². The fraction of sp³-hybridized carbons (Fsp3) is 0.103. The molecule has 4 aromatic rings. The van der Waals surface area contributed by atoms with Crippen LogP contribution in [0.4, 0.5) is 5.69 Å². The average Bonchev–Trinajstić information content (AvgIpc) is 2.84. The summed E-state index contributed by atoms with van der Waals surface area (Å²) in [4.78, 5) is 12.7. The number of amides is 1. The maximum absolute atomic E-state index is 12.7. The first-order valence-corrected chi connectivity index (χ1v) is 13.1. The summed E-state index contributed by atoms with van der Waals surface area (Å²) in [5.74, 6) is 0.353. The average molecular weight is 684 g/mol. The smallest absolute Gasteiger partial charge is 0.266 e. The minimum atomic E-state index is -0.433. The Morgan fingerprint density at radius 2 is 1.69 bits per heavy atom. The second-order valence-electron chi connectivity index (χ2n) is 8.16. The summed E-state index contributed by atoms with van der Waals surface area (Å²) in [6.07, 6.45) is 1.61. The van der Waals surface area contributed by atoms with Gasteiger partial charge in [0.15, 0.2) is 0 Å². The molecule has 0 atom stereocenters. The number of ether oxygens (including phenoxy) is 1. The molecule has 1 amide bonds. The van der Waals surface area contributed by atoms with Crippen molar-refractivity contribution in [2.45, 2.75) is 20.5 Å². The van der Waals surface area contributed by atoms with Gasteiger partial charge in [0.2, 0.25) is 0 Å². The van der Waals surface area contributed by atoms with Gasteiger partial charge in [-0.3, -0.25) is 4.79 Å². The van der Waals surface area contributed by atoms with Gasteiger partial charge in [-0.2, -0.15) is 5.26 Å². The highest BCUT2D eigenvalue weighted by Gasteiger charge is 2.13. The molecule has 0 spiro atoms. The van der Waals surface area contributed by atoms with Crippen LogP contribution in [0.15, 0.2) is 78.4 Å². The molecule has 0 aliphatic rings. The Bertz CT molecular complexity index is 1470. The zero-order valence-electron chi connectivity index (χ0n) is 19.2. The number of nitriles is 1. The summed E-state index contributed by atoms with van der Waals surface area (Å²) in [6, 6.07) is 26.0. The van der Waals surface area contributed by atoms with E-state index in [1.54, 1.807) is 6.08 Å². The first kappa shape index (κ1) is 25.2. The summed E-state index contributed by atoms with van der Waals surface area (Å²) in [7, 11) is 0. The second kappa shape index (κ2) is 11.2. The van der Waals surface area contributed by atoms with Gasteiger partial charge in [-0.15, -0.1) is 0 Å². The van der Waals surface area contributed by atoms with E-state index in [0.717, 1.165) is 35.1 Å². The Balaban J connectivity index is 1.53. The highest BCUT2D eigenvalue weighted by molar-refractivity contribution is 14.1. The third-order valence-electron chi connectivity index (χ3n) is 5.71. The molecule has 0 bridgehead atoms. The molecule has 0 fully saturated rings. The van der Waals surface area contributed by atoms with Crippen LogP contribution in [0.25, 0.3) is 16.8 Å². The third-order valence-corrected chi connectivity index (χ3v) is 7.32. The van der Waals surface area contributed by atoms with Crippen molar-refractivity contribution in [2.75, 3.05) is 5.32 Å². The minimum Gasteiger partial charge on any atom is -0.487 e. The summed E-state index contributed by atoms with van der Waals surface area (Å²) < 4.78 is 8.04. The van der Waals surface area contributed by atoms with Gasteiger partial charge in [0.05, 0.1) is 7.14 Å². The van der Waals surface area contributed by atoms with Crippen molar-refractivity contribution in [3.8, 4) is 11.8 Å². The van der Waals surface area contributed by atoms with E-state index in [-0.39, 0.29) is 5.57 Å². The highest BCUT2D eigenvalue weighted by Crippen LogP contribution is 2.31. The molecule has 0 radical (unpaired) electrons. The van der Waals surface area contributed by atoms with Crippen molar-refractivity contribution in [1.82, 2.24) is 0 Å². The van der Waals surface area contributed by atoms with Crippen molar-refractivity contribution in [2.24, 2.45) is 0 Å². The first-order chi connectivity index (χ1) is 16.9. The van der Waals surface area contributed by atoms with Gasteiger partial charge in [0, 0.05) is 5.69 Å². The standard InChI is InChI=1S/C29H22I2N2O2/c1-18-10-11-24(12-19(18)2)33-29(34)23(16-32)13-20-14-26(30)28(27(31)15-20)35-17-22-8-5-7-21-6-3-4-9-25(21)22/h3-15H,17H2,1-2H3,(H,33,34)/b23-13+. The number of rotatable bonds is 6. The fourth-order valence-electron chi connectivity index (χ4n) is 3.70. The van der Waals surface area contributed by atoms with Gasteiger partial charge >= 0.3 is 0 Å². The zero-order valence-corrected chi connectivity index (χ0v) is 23.5. The number of nitrogens with one attached hydrogen (secondary N) is 1. The van der Waals surface area contributed by atoms with Crippen LogP contribution in [0.5, 0.6) is 5.75 Å². The number of aryl methyl sites for hydroxylation is 2. The maximum Gasteiger partial charge on any atom is 0.266 e. The summed E-state index contributed by atoms with van der Waals surface area (Å²) >= 11 is 4.46. The molecule has 0 aromatic heterocycles. The lowest BCUT2D eigenvalue weighted by molar-refractivity contribution is -0.112. The number of carbonyl (C=O) groups is 1. The number of hydrogen-bond donors (Lipinski definition) is 1. The number of hydrogen-bond acceptors (Lipinski definition) is 3. The van der Waals surface area contributed by atoms with Crippen molar-refractivity contribution in [3.63, 3.8) is 0 Å². The summed E-state index contributed by atoms with van der Waals surface area (Å²) in [5.41, 5.74) is 4.82. The van der Waals surface area contributed by atoms with Crippen LogP contribution in [0.1, 0.15) is 22.3 Å². The molecule has 0 saturated heterocycles. The van der Waals surface area contributed by atoms with E-state index in [0.29, 0.717) is 12.3 Å². The predicted octanol–water partition coefficient (Wildman–Crippen LogP) is 7.79. The van der Waals surface area contributed by atoms with E-state index in [1.807, 2.05) is 68.4 Å². The van der Waals surface area contributed by atoms with E-state index in [4.69, 9.17) is 4.74 Å². The molecule has 174 valence electrons. The van der Waals surface area contributed by atoms with Gasteiger partial charge in [-0.05, 0) is 122 Å². The van der Waals surface area contributed by atoms with Gasteiger partial charge in [-0.1, -0.05) is 48.5 Å². The summed E-state index contributed by atoms with van der Waals surface area (Å²) in [6.45, 7) is 4.45. The summed E-state index contributed by atoms with van der Waals surface area (Å²) in [5, 5.41) is 14.8. The topological polar surface area (TPSA) is 62.1 Å². The Morgan fingerprint density at radius 3 is 2.40 bits per heavy atom. The lowest BCUT2D eigenvalue weighted by Gasteiger charge is -2.13. The van der Waals surface area contributed by atoms with Gasteiger partial charge in [0.25, 0.3) is 5.91 Å². The Morgan fingerprint density at radius 1 is 0.971 bits per heavy atom. The Hall–Kier alpha value is -2.90. The fourth-order valence-corrected chi connectivity index (χ4v) is 5.83. The van der Waals surface area contributed by atoms with Crippen LogP contribution >= 0.6 is 45.2 Å². The molecule has 4 aromatic carbocycles. The molecular formula is C29H22I2N2O2. The number of benzene rings is 4. The monoisotopic (exact) mass is 684 g/mol. The van der Waals surface area contributed by atoms with E-state index in [1.165, 1.54) is 10.8 Å².